The lowest BCUT2D eigenvalue weighted by molar-refractivity contribution is -0.120. The molecule has 1 aromatic heterocycles. The van der Waals surface area contributed by atoms with Crippen molar-refractivity contribution in [3.8, 4) is 0 Å². The van der Waals surface area contributed by atoms with E-state index in [-0.39, 0.29) is 17.0 Å². The highest BCUT2D eigenvalue weighted by atomic mass is 32.2. The van der Waals surface area contributed by atoms with Crippen LogP contribution >= 0.6 is 11.8 Å². The molecule has 128 valence electrons. The van der Waals surface area contributed by atoms with Gasteiger partial charge in [0.2, 0.25) is 5.91 Å². The van der Waals surface area contributed by atoms with Crippen molar-refractivity contribution in [2.75, 3.05) is 6.54 Å². The van der Waals surface area contributed by atoms with Gasteiger partial charge in [-0.15, -0.1) is 10.2 Å². The Balaban J connectivity index is 1.47. The second kappa shape index (κ2) is 7.34. The molecule has 0 spiro atoms. The number of nitrogens with zero attached hydrogens (tertiary/aromatic N) is 3. The highest BCUT2D eigenvalue weighted by molar-refractivity contribution is 8.00. The Hall–Kier alpha value is -1.89. The molecule has 7 heteroatoms. The largest absolute Gasteiger partial charge is 0.355 e. The fourth-order valence-corrected chi connectivity index (χ4v) is 3.31. The predicted octanol–water partition coefficient (Wildman–Crippen LogP) is 2.67. The first-order valence-electron chi connectivity index (χ1n) is 8.12. The van der Waals surface area contributed by atoms with Crippen LogP contribution in [0.2, 0.25) is 0 Å². The van der Waals surface area contributed by atoms with Gasteiger partial charge in [0.25, 0.3) is 0 Å². The number of nitrogens with one attached hydrogen (secondary N) is 1. The van der Waals surface area contributed by atoms with Gasteiger partial charge in [-0.25, -0.2) is 4.39 Å². The van der Waals surface area contributed by atoms with Crippen LogP contribution in [0.15, 0.2) is 29.4 Å². The Kier molecular flexibility index (Phi) is 5.18. The fourth-order valence-electron chi connectivity index (χ4n) is 2.46. The van der Waals surface area contributed by atoms with E-state index in [1.165, 1.54) is 36.7 Å². The second-order valence-electron chi connectivity index (χ2n) is 6.10. The summed E-state index contributed by atoms with van der Waals surface area (Å²) in [5.74, 6) is 1.28. The van der Waals surface area contributed by atoms with Crippen LogP contribution in [-0.4, -0.2) is 32.5 Å². The van der Waals surface area contributed by atoms with Crippen molar-refractivity contribution in [3.63, 3.8) is 0 Å². The lowest BCUT2D eigenvalue weighted by Crippen LogP contribution is -2.32. The van der Waals surface area contributed by atoms with Crippen LogP contribution in [0.3, 0.4) is 0 Å². The molecule has 1 fully saturated rings. The van der Waals surface area contributed by atoms with Gasteiger partial charge in [-0.2, -0.15) is 0 Å². The summed E-state index contributed by atoms with van der Waals surface area (Å²) in [5, 5.41) is 11.9. The van der Waals surface area contributed by atoms with E-state index >= 15 is 0 Å². The number of hydrogen-bond donors (Lipinski definition) is 1. The smallest absolute Gasteiger partial charge is 0.233 e. The van der Waals surface area contributed by atoms with E-state index in [1.54, 1.807) is 12.1 Å². The number of hydrogen-bond acceptors (Lipinski definition) is 4. The van der Waals surface area contributed by atoms with Gasteiger partial charge in [0.1, 0.15) is 11.6 Å². The lowest BCUT2D eigenvalue weighted by atomic mass is 10.1. The van der Waals surface area contributed by atoms with E-state index in [0.717, 1.165) is 16.5 Å². The molecular formula is C17H21FN4OS. The van der Waals surface area contributed by atoms with Gasteiger partial charge >= 0.3 is 0 Å². The first kappa shape index (κ1) is 17.0. The molecule has 0 saturated heterocycles. The van der Waals surface area contributed by atoms with Crippen molar-refractivity contribution in [2.24, 2.45) is 7.05 Å². The number of carbonyl (C=O) groups excluding carboxylic acids is 1. The molecule has 1 aliphatic carbocycles. The van der Waals surface area contributed by atoms with Crippen LogP contribution in [0, 0.1) is 5.82 Å². The SMILES string of the molecule is C[C@H](Sc1nnc(C2CC2)n1C)C(=O)NCCc1ccc(F)cc1. The maximum absolute atomic E-state index is 12.9. The number of aromatic nitrogens is 3. The molecule has 1 aliphatic rings. The number of halogens is 1. The molecule has 3 rings (SSSR count). The summed E-state index contributed by atoms with van der Waals surface area (Å²) in [6.45, 7) is 2.39. The van der Waals surface area contributed by atoms with E-state index in [4.69, 9.17) is 0 Å². The van der Waals surface area contributed by atoms with Gasteiger partial charge in [-0.1, -0.05) is 23.9 Å². The molecule has 24 heavy (non-hydrogen) atoms. The van der Waals surface area contributed by atoms with E-state index in [1.807, 2.05) is 18.5 Å². The monoisotopic (exact) mass is 348 g/mol. The predicted molar refractivity (Wildman–Crippen MR) is 91.4 cm³/mol. The molecule has 0 aliphatic heterocycles. The minimum Gasteiger partial charge on any atom is -0.355 e. The normalized spacial score (nSPS) is 15.3. The molecule has 0 unspecified atom stereocenters. The lowest BCUT2D eigenvalue weighted by Gasteiger charge is -2.11. The van der Waals surface area contributed by atoms with E-state index in [9.17, 15) is 9.18 Å². The molecule has 0 bridgehead atoms. The molecule has 1 atom stereocenters. The van der Waals surface area contributed by atoms with E-state index < -0.39 is 0 Å². The Morgan fingerprint density at radius 1 is 1.38 bits per heavy atom. The molecular weight excluding hydrogens is 327 g/mol. The summed E-state index contributed by atoms with van der Waals surface area (Å²) >= 11 is 1.42. The molecule has 1 aromatic carbocycles. The topological polar surface area (TPSA) is 59.8 Å². The molecule has 0 radical (unpaired) electrons. The molecule has 1 heterocycles. The van der Waals surface area contributed by atoms with Crippen LogP contribution < -0.4 is 5.32 Å². The maximum Gasteiger partial charge on any atom is 0.233 e. The molecule has 1 saturated carbocycles. The fraction of sp³-hybridized carbons (Fsp3) is 0.471. The highest BCUT2D eigenvalue weighted by Crippen LogP contribution is 2.39. The second-order valence-corrected chi connectivity index (χ2v) is 7.41. The Morgan fingerprint density at radius 3 is 2.75 bits per heavy atom. The molecule has 5 nitrogen and oxygen atoms in total. The average Bonchev–Trinajstić information content (AvgIpc) is 3.34. The maximum atomic E-state index is 12.9. The van der Waals surface area contributed by atoms with Gasteiger partial charge in [-0.05, 0) is 43.9 Å². The van der Waals surface area contributed by atoms with Crippen molar-refractivity contribution in [1.29, 1.82) is 0 Å². The Bertz CT molecular complexity index is 712. The van der Waals surface area contributed by atoms with Crippen molar-refractivity contribution >= 4 is 17.7 Å². The Morgan fingerprint density at radius 2 is 2.08 bits per heavy atom. The molecule has 1 amide bonds. The Labute approximate surface area is 145 Å². The first-order valence-corrected chi connectivity index (χ1v) is 9.00. The van der Waals surface area contributed by atoms with E-state index in [0.29, 0.717) is 18.9 Å². The van der Waals surface area contributed by atoms with Gasteiger partial charge in [0.15, 0.2) is 5.16 Å². The minimum atomic E-state index is -0.248. The molecule has 1 N–H and O–H groups in total. The summed E-state index contributed by atoms with van der Waals surface area (Å²) < 4.78 is 14.8. The van der Waals surface area contributed by atoms with Gasteiger partial charge in [0.05, 0.1) is 5.25 Å². The average molecular weight is 348 g/mol. The van der Waals surface area contributed by atoms with Gasteiger partial charge < -0.3 is 9.88 Å². The van der Waals surface area contributed by atoms with Gasteiger partial charge in [0, 0.05) is 19.5 Å². The van der Waals surface area contributed by atoms with Crippen LogP contribution in [-0.2, 0) is 18.3 Å². The number of thioether (sulfide) groups is 1. The highest BCUT2D eigenvalue weighted by Gasteiger charge is 2.30. The zero-order valence-electron chi connectivity index (χ0n) is 13.8. The first-order chi connectivity index (χ1) is 11.5. The van der Waals surface area contributed by atoms with Crippen LogP contribution in [0.5, 0.6) is 0 Å². The summed E-state index contributed by atoms with van der Waals surface area (Å²) in [4.78, 5) is 12.2. The summed E-state index contributed by atoms with van der Waals surface area (Å²) in [7, 11) is 1.95. The summed E-state index contributed by atoms with van der Waals surface area (Å²) in [5.41, 5.74) is 0.999. The number of amides is 1. The van der Waals surface area contributed by atoms with Crippen molar-refractivity contribution < 1.29 is 9.18 Å². The van der Waals surface area contributed by atoms with Crippen LogP contribution in [0.4, 0.5) is 4.39 Å². The standard InChI is InChI=1S/C17H21FN4OS/c1-11(24-17-21-20-15(22(17)2)13-5-6-13)16(23)19-10-9-12-3-7-14(18)8-4-12/h3-4,7-8,11,13H,5-6,9-10H2,1-2H3,(H,19,23)/t11-/m0/s1. The minimum absolute atomic E-state index is 0.0296. The number of carbonyl (C=O) groups is 1. The van der Waals surface area contributed by atoms with Gasteiger partial charge in [-0.3, -0.25) is 4.79 Å². The van der Waals surface area contributed by atoms with Crippen molar-refractivity contribution in [1.82, 2.24) is 20.1 Å². The van der Waals surface area contributed by atoms with Crippen molar-refractivity contribution in [3.05, 3.63) is 41.5 Å². The van der Waals surface area contributed by atoms with Crippen LogP contribution in [0.25, 0.3) is 0 Å². The summed E-state index contributed by atoms with van der Waals surface area (Å²) in [6, 6.07) is 6.33. The quantitative estimate of drug-likeness (QED) is 0.782. The number of rotatable bonds is 7. The van der Waals surface area contributed by atoms with E-state index in [2.05, 4.69) is 15.5 Å². The zero-order valence-corrected chi connectivity index (χ0v) is 14.6. The van der Waals surface area contributed by atoms with Crippen molar-refractivity contribution in [2.45, 2.75) is 42.5 Å². The van der Waals surface area contributed by atoms with Crippen LogP contribution in [0.1, 0.15) is 37.1 Å². The molecule has 2 aromatic rings. The summed E-state index contributed by atoms with van der Waals surface area (Å²) in [6.07, 6.45) is 3.03. The third-order valence-electron chi connectivity index (χ3n) is 4.09. The third-order valence-corrected chi connectivity index (χ3v) is 5.22. The third kappa shape index (κ3) is 4.14. The number of benzene rings is 1. The zero-order chi connectivity index (χ0) is 17.1.